The minimum atomic E-state index is 0.703. The summed E-state index contributed by atoms with van der Waals surface area (Å²) in [6, 6.07) is 0. The molecule has 2 bridgehead atoms. The zero-order valence-corrected chi connectivity index (χ0v) is 9.51. The molecule has 0 heterocycles. The van der Waals surface area contributed by atoms with Crippen LogP contribution in [0.15, 0.2) is 22.8 Å². The van der Waals surface area contributed by atoms with E-state index in [-0.39, 0.29) is 0 Å². The third-order valence-electron chi connectivity index (χ3n) is 5.05. The SMILES string of the molecule is CC1=C(C)C2CC3CC(=CC1C)C3C2. The molecule has 0 amide bonds. The van der Waals surface area contributed by atoms with Gasteiger partial charge in [0.05, 0.1) is 0 Å². The molecule has 0 heteroatoms. The molecule has 4 atom stereocenters. The highest BCUT2D eigenvalue weighted by atomic mass is 14.5. The lowest BCUT2D eigenvalue weighted by atomic mass is 9.70. The molecule has 76 valence electrons. The van der Waals surface area contributed by atoms with E-state index < -0.39 is 0 Å². The van der Waals surface area contributed by atoms with Gasteiger partial charge in [0.25, 0.3) is 0 Å². The van der Waals surface area contributed by atoms with Gasteiger partial charge in [-0.1, -0.05) is 29.7 Å². The number of fused-ring (bicyclic) bond motifs is 1. The van der Waals surface area contributed by atoms with Crippen LogP contribution in [0.2, 0.25) is 0 Å². The zero-order chi connectivity index (χ0) is 9.87. The van der Waals surface area contributed by atoms with Crippen LogP contribution in [-0.2, 0) is 0 Å². The summed E-state index contributed by atoms with van der Waals surface area (Å²) in [5.74, 6) is 3.68. The molecule has 0 aromatic carbocycles. The Labute approximate surface area is 87.1 Å². The summed E-state index contributed by atoms with van der Waals surface area (Å²) in [6.07, 6.45) is 6.93. The second-order valence-electron chi connectivity index (χ2n) is 5.64. The van der Waals surface area contributed by atoms with Crippen molar-refractivity contribution in [3.05, 3.63) is 22.8 Å². The molecule has 0 aromatic rings. The maximum Gasteiger partial charge on any atom is -0.00490 e. The second kappa shape index (κ2) is 2.74. The molecule has 0 saturated heterocycles. The molecule has 0 aromatic heterocycles. The molecule has 2 saturated carbocycles. The van der Waals surface area contributed by atoms with Crippen LogP contribution in [0.4, 0.5) is 0 Å². The number of hydrogen-bond acceptors (Lipinski definition) is 0. The van der Waals surface area contributed by atoms with Crippen LogP contribution in [0.25, 0.3) is 0 Å². The van der Waals surface area contributed by atoms with Gasteiger partial charge in [0.1, 0.15) is 0 Å². The van der Waals surface area contributed by atoms with Gasteiger partial charge in [0.15, 0.2) is 0 Å². The Morgan fingerprint density at radius 2 is 1.93 bits per heavy atom. The Balaban J connectivity index is 2.06. The van der Waals surface area contributed by atoms with E-state index in [1.165, 1.54) is 19.3 Å². The van der Waals surface area contributed by atoms with Crippen molar-refractivity contribution in [2.75, 3.05) is 0 Å². The lowest BCUT2D eigenvalue weighted by Gasteiger charge is -2.35. The first-order valence-electron chi connectivity index (χ1n) is 6.04. The highest BCUT2D eigenvalue weighted by molar-refractivity contribution is 5.32. The van der Waals surface area contributed by atoms with E-state index in [9.17, 15) is 0 Å². The van der Waals surface area contributed by atoms with Crippen molar-refractivity contribution in [2.24, 2.45) is 23.7 Å². The van der Waals surface area contributed by atoms with Crippen LogP contribution in [-0.4, -0.2) is 0 Å². The van der Waals surface area contributed by atoms with Crippen molar-refractivity contribution in [1.29, 1.82) is 0 Å². The van der Waals surface area contributed by atoms with Crippen molar-refractivity contribution >= 4 is 0 Å². The summed E-state index contributed by atoms with van der Waals surface area (Å²) < 4.78 is 0. The number of allylic oxidation sites excluding steroid dienone is 4. The summed E-state index contributed by atoms with van der Waals surface area (Å²) >= 11 is 0. The molecular formula is C14H20. The fourth-order valence-electron chi connectivity index (χ4n) is 3.77. The first-order valence-corrected chi connectivity index (χ1v) is 6.04. The summed E-state index contributed by atoms with van der Waals surface area (Å²) in [4.78, 5) is 0. The van der Waals surface area contributed by atoms with Crippen molar-refractivity contribution in [2.45, 2.75) is 40.0 Å². The standard InChI is InChI=1S/C14H20/c1-8-4-12-6-13-5-11(7-14(12)13)10(3)9(8)2/h4,8,11,13-14H,5-7H2,1-3H3. The Hall–Kier alpha value is -0.520. The molecule has 3 rings (SSSR count). The van der Waals surface area contributed by atoms with Crippen LogP contribution >= 0.6 is 0 Å². The zero-order valence-electron chi connectivity index (χ0n) is 9.51. The minimum Gasteiger partial charge on any atom is -0.0781 e. The summed E-state index contributed by atoms with van der Waals surface area (Å²) in [6.45, 7) is 7.08. The molecule has 0 radical (unpaired) electrons. The molecule has 3 aliphatic carbocycles. The van der Waals surface area contributed by atoms with E-state index in [0.29, 0.717) is 5.92 Å². The van der Waals surface area contributed by atoms with Gasteiger partial charge < -0.3 is 0 Å². The van der Waals surface area contributed by atoms with E-state index in [2.05, 4.69) is 26.8 Å². The van der Waals surface area contributed by atoms with Crippen LogP contribution in [0.3, 0.4) is 0 Å². The minimum absolute atomic E-state index is 0.703. The Morgan fingerprint density at radius 1 is 1.14 bits per heavy atom. The van der Waals surface area contributed by atoms with Crippen LogP contribution in [0.5, 0.6) is 0 Å². The fraction of sp³-hybridized carbons (Fsp3) is 0.714. The molecule has 0 aliphatic heterocycles. The average Bonchev–Trinajstić information content (AvgIpc) is 2.51. The topological polar surface area (TPSA) is 0 Å². The van der Waals surface area contributed by atoms with E-state index >= 15 is 0 Å². The molecular weight excluding hydrogens is 168 g/mol. The van der Waals surface area contributed by atoms with Gasteiger partial charge in [0, 0.05) is 0 Å². The molecule has 4 unspecified atom stereocenters. The van der Waals surface area contributed by atoms with E-state index in [4.69, 9.17) is 0 Å². The fourth-order valence-corrected chi connectivity index (χ4v) is 3.77. The van der Waals surface area contributed by atoms with Gasteiger partial charge in [-0.15, -0.1) is 0 Å². The molecule has 0 N–H and O–H groups in total. The van der Waals surface area contributed by atoms with Gasteiger partial charge in [-0.05, 0) is 56.8 Å². The van der Waals surface area contributed by atoms with Crippen LogP contribution in [0, 0.1) is 23.7 Å². The predicted molar refractivity (Wildman–Crippen MR) is 59.9 cm³/mol. The van der Waals surface area contributed by atoms with Crippen LogP contribution < -0.4 is 0 Å². The quantitative estimate of drug-likeness (QED) is 0.505. The third-order valence-corrected chi connectivity index (χ3v) is 5.05. The Morgan fingerprint density at radius 3 is 2.71 bits per heavy atom. The molecule has 0 spiro atoms. The summed E-state index contributed by atoms with van der Waals surface area (Å²) in [7, 11) is 0. The maximum absolute atomic E-state index is 2.56. The lowest BCUT2D eigenvalue weighted by molar-refractivity contribution is 0.323. The predicted octanol–water partition coefficient (Wildman–Crippen LogP) is 3.95. The van der Waals surface area contributed by atoms with Crippen molar-refractivity contribution in [1.82, 2.24) is 0 Å². The van der Waals surface area contributed by atoms with E-state index in [0.717, 1.165) is 17.8 Å². The summed E-state index contributed by atoms with van der Waals surface area (Å²) in [5, 5.41) is 0. The van der Waals surface area contributed by atoms with Gasteiger partial charge in [-0.3, -0.25) is 0 Å². The van der Waals surface area contributed by atoms with Gasteiger partial charge >= 0.3 is 0 Å². The smallest absolute Gasteiger partial charge is 0.00490 e. The highest BCUT2D eigenvalue weighted by Crippen LogP contribution is 2.56. The van der Waals surface area contributed by atoms with Gasteiger partial charge in [-0.25, -0.2) is 0 Å². The lowest BCUT2D eigenvalue weighted by Crippen LogP contribution is -2.24. The van der Waals surface area contributed by atoms with Gasteiger partial charge in [0.2, 0.25) is 0 Å². The summed E-state index contributed by atoms with van der Waals surface area (Å²) in [5.41, 5.74) is 5.15. The first-order chi connectivity index (χ1) is 6.66. The maximum atomic E-state index is 2.56. The van der Waals surface area contributed by atoms with Crippen LogP contribution in [0.1, 0.15) is 40.0 Å². The Kier molecular flexibility index (Phi) is 1.72. The second-order valence-corrected chi connectivity index (χ2v) is 5.64. The molecule has 3 aliphatic rings. The highest BCUT2D eigenvalue weighted by Gasteiger charge is 2.45. The van der Waals surface area contributed by atoms with E-state index in [1.807, 2.05) is 0 Å². The molecule has 2 fully saturated rings. The molecule has 0 nitrogen and oxygen atoms in total. The number of rotatable bonds is 0. The van der Waals surface area contributed by atoms with Gasteiger partial charge in [-0.2, -0.15) is 0 Å². The third kappa shape index (κ3) is 1.00. The first kappa shape index (κ1) is 8.76. The van der Waals surface area contributed by atoms with Crippen molar-refractivity contribution in [3.63, 3.8) is 0 Å². The average molecular weight is 188 g/mol. The number of hydrogen-bond donors (Lipinski definition) is 0. The monoisotopic (exact) mass is 188 g/mol. The Bertz CT molecular complexity index is 332. The normalized spacial score (nSPS) is 45.5. The van der Waals surface area contributed by atoms with E-state index in [1.54, 1.807) is 16.7 Å². The van der Waals surface area contributed by atoms with Crippen molar-refractivity contribution < 1.29 is 0 Å². The largest absolute Gasteiger partial charge is 0.0781 e. The molecule has 14 heavy (non-hydrogen) atoms. The van der Waals surface area contributed by atoms with Crippen molar-refractivity contribution in [3.8, 4) is 0 Å².